The Kier molecular flexibility index (Phi) is 8.55. The second-order valence-corrected chi connectivity index (χ2v) is 9.24. The van der Waals surface area contributed by atoms with Crippen LogP contribution in [0.2, 0.25) is 0 Å². The van der Waals surface area contributed by atoms with E-state index in [1.165, 1.54) is 6.07 Å². The Balaban J connectivity index is 1.77. The van der Waals surface area contributed by atoms with Gasteiger partial charge < -0.3 is 20.2 Å². The number of nitrogens with zero attached hydrogens (tertiary/aromatic N) is 4. The van der Waals surface area contributed by atoms with E-state index in [9.17, 15) is 15.3 Å². The maximum absolute atomic E-state index is 10.5. The van der Waals surface area contributed by atoms with E-state index in [1.54, 1.807) is 11.0 Å². The monoisotopic (exact) mass is 454 g/mol. The summed E-state index contributed by atoms with van der Waals surface area (Å²) in [4.78, 5) is 4.25. The van der Waals surface area contributed by atoms with Gasteiger partial charge in [-0.25, -0.2) is 0 Å². The molecule has 0 radical (unpaired) electrons. The molecule has 2 aliphatic rings. The number of amidine groups is 1. The summed E-state index contributed by atoms with van der Waals surface area (Å²) in [6, 6.07) is 2.95. The van der Waals surface area contributed by atoms with Crippen LogP contribution in [-0.2, 0) is 0 Å². The van der Waals surface area contributed by atoms with E-state index in [1.807, 2.05) is 13.8 Å². The van der Waals surface area contributed by atoms with Gasteiger partial charge >= 0.3 is 6.02 Å². The highest BCUT2D eigenvalue weighted by molar-refractivity contribution is 6.07. The fourth-order valence-corrected chi connectivity index (χ4v) is 4.50. The third-order valence-corrected chi connectivity index (χ3v) is 6.20. The van der Waals surface area contributed by atoms with Gasteiger partial charge in [0.25, 0.3) is 0 Å². The average Bonchev–Trinajstić information content (AvgIpc) is 3.00. The summed E-state index contributed by atoms with van der Waals surface area (Å²) in [5.74, 6) is 0.561. The van der Waals surface area contributed by atoms with Gasteiger partial charge in [0, 0.05) is 23.9 Å². The largest absolute Gasteiger partial charge is 0.508 e. The van der Waals surface area contributed by atoms with Crippen molar-refractivity contribution in [1.29, 1.82) is 0 Å². The molecule has 1 aromatic rings. The van der Waals surface area contributed by atoms with Crippen molar-refractivity contribution >= 4 is 11.7 Å². The predicted molar refractivity (Wildman–Crippen MR) is 134 cm³/mol. The second kappa shape index (κ2) is 11.4. The minimum Gasteiger partial charge on any atom is -0.508 e. The van der Waals surface area contributed by atoms with Crippen molar-refractivity contribution < 1.29 is 15.3 Å². The lowest BCUT2D eigenvalue weighted by atomic mass is 9.96. The second-order valence-electron chi connectivity index (χ2n) is 9.24. The molecule has 0 aromatic heterocycles. The van der Waals surface area contributed by atoms with E-state index >= 15 is 0 Å². The van der Waals surface area contributed by atoms with E-state index in [-0.39, 0.29) is 30.0 Å². The Morgan fingerprint density at radius 1 is 1.06 bits per heavy atom. The Morgan fingerprint density at radius 2 is 1.79 bits per heavy atom. The standard InChI is InChI=1S/C26H38N4O3/c1-5-12-29(13-6-2)16-19-8-7-9-20(11-10-19)30-17-23(27-28-26(30)33)22-14-21(18(3)4)24(31)15-25(22)32/h9-11,14-15,18-19,31-32H,5-8,12-13,16-17H2,1-4H3,(H,28,33). The molecule has 3 rings (SSSR count). The summed E-state index contributed by atoms with van der Waals surface area (Å²) >= 11 is 0. The molecule has 0 fully saturated rings. The number of phenols is 2. The zero-order chi connectivity index (χ0) is 24.0. The van der Waals surface area contributed by atoms with E-state index in [2.05, 4.69) is 47.2 Å². The van der Waals surface area contributed by atoms with Crippen LogP contribution in [0.25, 0.3) is 0 Å². The van der Waals surface area contributed by atoms with Crippen LogP contribution < -0.4 is 0 Å². The normalized spacial score (nSPS) is 18.9. The van der Waals surface area contributed by atoms with Gasteiger partial charge in [-0.1, -0.05) is 44.9 Å². The van der Waals surface area contributed by atoms with E-state index < -0.39 is 0 Å². The summed E-state index contributed by atoms with van der Waals surface area (Å²) in [7, 11) is 0. The van der Waals surface area contributed by atoms with Crippen molar-refractivity contribution in [3.05, 3.63) is 47.2 Å². The first-order chi connectivity index (χ1) is 15.8. The third kappa shape index (κ3) is 6.16. The number of aromatic hydroxyl groups is 2. The highest BCUT2D eigenvalue weighted by atomic mass is 16.3. The Labute approximate surface area is 197 Å². The molecule has 180 valence electrons. The zero-order valence-corrected chi connectivity index (χ0v) is 20.3. The van der Waals surface area contributed by atoms with Crippen molar-refractivity contribution in [3.63, 3.8) is 0 Å². The first-order valence-corrected chi connectivity index (χ1v) is 12.1. The maximum atomic E-state index is 10.5. The molecule has 7 nitrogen and oxygen atoms in total. The Bertz CT molecular complexity index is 943. The molecule has 0 saturated heterocycles. The molecule has 1 unspecified atom stereocenters. The summed E-state index contributed by atoms with van der Waals surface area (Å²) < 4.78 is 0. The van der Waals surface area contributed by atoms with Crippen LogP contribution in [0.3, 0.4) is 0 Å². The van der Waals surface area contributed by atoms with Crippen LogP contribution in [0.5, 0.6) is 11.5 Å². The van der Waals surface area contributed by atoms with Crippen molar-refractivity contribution in [1.82, 2.24) is 9.80 Å². The topological polar surface area (TPSA) is 91.9 Å². The first kappa shape index (κ1) is 24.8. The molecule has 1 aliphatic heterocycles. The van der Waals surface area contributed by atoms with E-state index in [0.717, 1.165) is 56.6 Å². The number of aliphatic hydroxyl groups is 1. The highest BCUT2D eigenvalue weighted by Crippen LogP contribution is 2.33. The summed E-state index contributed by atoms with van der Waals surface area (Å²) in [6.07, 6.45) is 10.7. The van der Waals surface area contributed by atoms with Gasteiger partial charge in [-0.15, -0.1) is 5.10 Å². The number of allylic oxidation sites excluding steroid dienone is 2. The number of benzene rings is 1. The quantitative estimate of drug-likeness (QED) is 0.481. The molecule has 1 atom stereocenters. The van der Waals surface area contributed by atoms with Crippen LogP contribution in [0.15, 0.2) is 46.3 Å². The average molecular weight is 455 g/mol. The van der Waals surface area contributed by atoms with Gasteiger partial charge in [0.15, 0.2) is 0 Å². The van der Waals surface area contributed by atoms with Gasteiger partial charge in [0.05, 0.1) is 12.3 Å². The molecule has 7 heteroatoms. The molecule has 0 bridgehead atoms. The minimum absolute atomic E-state index is 0.0513. The fraction of sp³-hybridized carbons (Fsp3) is 0.538. The number of hydrogen-bond acceptors (Lipinski definition) is 6. The summed E-state index contributed by atoms with van der Waals surface area (Å²) in [6.45, 7) is 12.0. The Morgan fingerprint density at radius 3 is 2.45 bits per heavy atom. The zero-order valence-electron chi connectivity index (χ0n) is 20.3. The lowest BCUT2D eigenvalue weighted by molar-refractivity contribution is 0.244. The number of rotatable bonds is 9. The Hall–Kier alpha value is -2.80. The molecular weight excluding hydrogens is 416 g/mol. The molecule has 1 aliphatic carbocycles. The van der Waals surface area contributed by atoms with Crippen molar-refractivity contribution in [3.8, 4) is 11.5 Å². The maximum Gasteiger partial charge on any atom is 0.313 e. The van der Waals surface area contributed by atoms with Gasteiger partial charge in [-0.05, 0) is 68.3 Å². The molecule has 1 heterocycles. The number of hydrogen-bond donors (Lipinski definition) is 3. The SMILES string of the molecule is CCCN(CCC)CC1C=CC(N2CC(c3cc(C(C)C)c(O)cc3O)=NN=C2O)=CCC1. The molecule has 33 heavy (non-hydrogen) atoms. The summed E-state index contributed by atoms with van der Waals surface area (Å²) in [5, 5.41) is 39.2. The van der Waals surface area contributed by atoms with Crippen LogP contribution in [-0.4, -0.2) is 63.0 Å². The van der Waals surface area contributed by atoms with Crippen LogP contribution in [0, 0.1) is 5.92 Å². The van der Waals surface area contributed by atoms with E-state index in [0.29, 0.717) is 17.2 Å². The smallest absolute Gasteiger partial charge is 0.313 e. The number of aliphatic hydroxyl groups excluding tert-OH is 1. The summed E-state index contributed by atoms with van der Waals surface area (Å²) in [5.41, 5.74) is 2.67. The van der Waals surface area contributed by atoms with Crippen LogP contribution >= 0.6 is 0 Å². The lowest BCUT2D eigenvalue weighted by Crippen LogP contribution is -2.37. The molecule has 0 spiro atoms. The molecule has 3 N–H and O–H groups in total. The molecular formula is C26H38N4O3. The third-order valence-electron chi connectivity index (χ3n) is 6.20. The lowest BCUT2D eigenvalue weighted by Gasteiger charge is -2.26. The minimum atomic E-state index is -0.158. The van der Waals surface area contributed by atoms with Crippen LogP contribution in [0.4, 0.5) is 0 Å². The van der Waals surface area contributed by atoms with Crippen LogP contribution in [0.1, 0.15) is 70.4 Å². The van der Waals surface area contributed by atoms with Gasteiger partial charge in [-0.2, -0.15) is 0 Å². The first-order valence-electron chi connectivity index (χ1n) is 12.1. The molecule has 0 saturated carbocycles. The van der Waals surface area contributed by atoms with Gasteiger partial charge in [-0.3, -0.25) is 4.90 Å². The van der Waals surface area contributed by atoms with Gasteiger partial charge in [0.1, 0.15) is 11.5 Å². The van der Waals surface area contributed by atoms with Crippen molar-refractivity contribution in [2.24, 2.45) is 16.1 Å². The number of phenolic OH excluding ortho intramolecular Hbond substituents is 2. The fourth-order valence-electron chi connectivity index (χ4n) is 4.50. The van der Waals surface area contributed by atoms with Crippen molar-refractivity contribution in [2.45, 2.75) is 59.3 Å². The molecule has 0 amide bonds. The molecule has 1 aromatic carbocycles. The van der Waals surface area contributed by atoms with E-state index in [4.69, 9.17) is 0 Å². The van der Waals surface area contributed by atoms with Crippen molar-refractivity contribution in [2.75, 3.05) is 26.2 Å². The highest BCUT2D eigenvalue weighted by Gasteiger charge is 2.25. The predicted octanol–water partition coefficient (Wildman–Crippen LogP) is 5.13. The van der Waals surface area contributed by atoms with Gasteiger partial charge in [0.2, 0.25) is 0 Å².